The second-order valence-corrected chi connectivity index (χ2v) is 5.22. The van der Waals surface area contributed by atoms with Crippen LogP contribution in [0.1, 0.15) is 11.1 Å². The lowest BCUT2D eigenvalue weighted by Gasteiger charge is -2.00. The second kappa shape index (κ2) is 5.04. The highest BCUT2D eigenvalue weighted by Crippen LogP contribution is 2.25. The molecule has 22 heavy (non-hydrogen) atoms. The molecule has 0 saturated carbocycles. The summed E-state index contributed by atoms with van der Waals surface area (Å²) in [6, 6.07) is 15.5. The SMILES string of the molecule is Oc1ccc2c(/C=C/c3ccnc4ccccc34)c[nH]c2c1. The van der Waals surface area contributed by atoms with Gasteiger partial charge < -0.3 is 10.1 Å². The molecule has 2 aromatic heterocycles. The average molecular weight is 286 g/mol. The number of H-pyrrole nitrogens is 1. The van der Waals surface area contributed by atoms with Crippen LogP contribution in [0.5, 0.6) is 5.75 Å². The quantitative estimate of drug-likeness (QED) is 0.566. The summed E-state index contributed by atoms with van der Waals surface area (Å²) < 4.78 is 0. The van der Waals surface area contributed by atoms with E-state index in [0.29, 0.717) is 0 Å². The Labute approximate surface area is 127 Å². The average Bonchev–Trinajstić information content (AvgIpc) is 2.95. The van der Waals surface area contributed by atoms with Gasteiger partial charge in [-0.05, 0) is 35.4 Å². The number of hydrogen-bond donors (Lipinski definition) is 2. The number of para-hydroxylation sites is 1. The van der Waals surface area contributed by atoms with Crippen molar-refractivity contribution in [1.29, 1.82) is 0 Å². The molecule has 0 radical (unpaired) electrons. The van der Waals surface area contributed by atoms with E-state index in [1.807, 2.05) is 42.7 Å². The molecule has 0 aliphatic carbocycles. The monoisotopic (exact) mass is 286 g/mol. The molecule has 2 aromatic carbocycles. The maximum absolute atomic E-state index is 9.52. The summed E-state index contributed by atoms with van der Waals surface area (Å²) in [4.78, 5) is 7.56. The van der Waals surface area contributed by atoms with Crippen LogP contribution in [0.4, 0.5) is 0 Å². The Morgan fingerprint density at radius 1 is 0.909 bits per heavy atom. The zero-order chi connectivity index (χ0) is 14.9. The number of phenols is 1. The number of rotatable bonds is 2. The van der Waals surface area contributed by atoms with E-state index in [2.05, 4.69) is 28.2 Å². The van der Waals surface area contributed by atoms with E-state index in [4.69, 9.17) is 0 Å². The second-order valence-electron chi connectivity index (χ2n) is 5.22. The van der Waals surface area contributed by atoms with E-state index in [1.165, 1.54) is 0 Å². The zero-order valence-electron chi connectivity index (χ0n) is 11.8. The molecule has 0 aliphatic heterocycles. The molecule has 3 nitrogen and oxygen atoms in total. The van der Waals surface area contributed by atoms with Crippen molar-refractivity contribution in [2.75, 3.05) is 0 Å². The molecule has 106 valence electrons. The normalized spacial score (nSPS) is 11.6. The lowest BCUT2D eigenvalue weighted by Crippen LogP contribution is -1.81. The van der Waals surface area contributed by atoms with Gasteiger partial charge in [0.2, 0.25) is 0 Å². The molecule has 0 atom stereocenters. The summed E-state index contributed by atoms with van der Waals surface area (Å²) in [6.07, 6.45) is 7.95. The largest absolute Gasteiger partial charge is 0.508 e. The third-order valence-electron chi connectivity index (χ3n) is 3.82. The Kier molecular flexibility index (Phi) is 2.90. The van der Waals surface area contributed by atoms with Crippen LogP contribution in [0, 0.1) is 0 Å². The Morgan fingerprint density at radius 3 is 2.73 bits per heavy atom. The summed E-state index contributed by atoms with van der Waals surface area (Å²) in [6.45, 7) is 0. The number of benzene rings is 2. The molecule has 0 unspecified atom stereocenters. The molecule has 0 spiro atoms. The summed E-state index contributed by atoms with van der Waals surface area (Å²) >= 11 is 0. The van der Waals surface area contributed by atoms with E-state index < -0.39 is 0 Å². The molecule has 4 aromatic rings. The number of pyridine rings is 1. The molecule has 2 N–H and O–H groups in total. The number of nitrogens with zero attached hydrogens (tertiary/aromatic N) is 1. The first-order chi connectivity index (χ1) is 10.8. The molecule has 0 fully saturated rings. The van der Waals surface area contributed by atoms with Crippen molar-refractivity contribution in [2.45, 2.75) is 0 Å². The number of hydrogen-bond acceptors (Lipinski definition) is 2. The van der Waals surface area contributed by atoms with Crippen molar-refractivity contribution in [3.63, 3.8) is 0 Å². The third-order valence-corrected chi connectivity index (χ3v) is 3.82. The standard InChI is InChI=1S/C19H14N2O/c22-15-7-8-17-14(12-21-19(17)11-15)6-5-13-9-10-20-18-4-2-1-3-16(13)18/h1-12,21-22H/b6-5+. The number of aromatic nitrogens is 2. The topological polar surface area (TPSA) is 48.9 Å². The zero-order valence-corrected chi connectivity index (χ0v) is 11.8. The van der Waals surface area contributed by atoms with Crippen LogP contribution in [0.25, 0.3) is 34.0 Å². The summed E-state index contributed by atoms with van der Waals surface area (Å²) in [7, 11) is 0. The Hall–Kier alpha value is -3.07. The summed E-state index contributed by atoms with van der Waals surface area (Å²) in [5.41, 5.74) is 4.15. The van der Waals surface area contributed by atoms with Gasteiger partial charge in [0.05, 0.1) is 5.52 Å². The van der Waals surface area contributed by atoms with Crippen molar-refractivity contribution in [2.24, 2.45) is 0 Å². The van der Waals surface area contributed by atoms with Crippen LogP contribution in [0.2, 0.25) is 0 Å². The molecule has 0 amide bonds. The van der Waals surface area contributed by atoms with Crippen LogP contribution < -0.4 is 0 Å². The molecule has 0 bridgehead atoms. The number of fused-ring (bicyclic) bond motifs is 2. The van der Waals surface area contributed by atoms with Crippen molar-refractivity contribution in [3.05, 3.63) is 72.1 Å². The molecule has 4 rings (SSSR count). The minimum atomic E-state index is 0.269. The van der Waals surface area contributed by atoms with Gasteiger partial charge >= 0.3 is 0 Å². The molecule has 0 saturated heterocycles. The van der Waals surface area contributed by atoms with Crippen molar-refractivity contribution >= 4 is 34.0 Å². The fourth-order valence-electron chi connectivity index (χ4n) is 2.72. The van der Waals surface area contributed by atoms with Crippen molar-refractivity contribution in [3.8, 4) is 5.75 Å². The minimum Gasteiger partial charge on any atom is -0.508 e. The van der Waals surface area contributed by atoms with Gasteiger partial charge in [-0.15, -0.1) is 0 Å². The van der Waals surface area contributed by atoms with Gasteiger partial charge in [-0.1, -0.05) is 30.4 Å². The molecule has 3 heteroatoms. The van der Waals surface area contributed by atoms with E-state index in [-0.39, 0.29) is 5.75 Å². The van der Waals surface area contributed by atoms with E-state index in [1.54, 1.807) is 12.1 Å². The van der Waals surface area contributed by atoms with Crippen LogP contribution in [-0.4, -0.2) is 15.1 Å². The fourth-order valence-corrected chi connectivity index (χ4v) is 2.72. The number of nitrogens with one attached hydrogen (secondary N) is 1. The molecule has 2 heterocycles. The fraction of sp³-hybridized carbons (Fsp3) is 0. The smallest absolute Gasteiger partial charge is 0.117 e. The summed E-state index contributed by atoms with van der Waals surface area (Å²) in [5.74, 6) is 0.269. The van der Waals surface area contributed by atoms with Crippen LogP contribution in [0.15, 0.2) is 60.9 Å². The van der Waals surface area contributed by atoms with E-state index in [0.717, 1.165) is 32.9 Å². The predicted octanol–water partition coefficient (Wildman–Crippen LogP) is 4.59. The molecule has 0 aliphatic rings. The summed E-state index contributed by atoms with van der Waals surface area (Å²) in [5, 5.41) is 11.7. The maximum Gasteiger partial charge on any atom is 0.117 e. The van der Waals surface area contributed by atoms with Gasteiger partial charge in [0.1, 0.15) is 5.75 Å². The van der Waals surface area contributed by atoms with Gasteiger partial charge in [0, 0.05) is 34.7 Å². The van der Waals surface area contributed by atoms with Crippen LogP contribution in [0.3, 0.4) is 0 Å². The first-order valence-electron chi connectivity index (χ1n) is 7.13. The van der Waals surface area contributed by atoms with Gasteiger partial charge in [-0.2, -0.15) is 0 Å². The number of aromatic hydroxyl groups is 1. The highest BCUT2D eigenvalue weighted by molar-refractivity contribution is 5.95. The highest BCUT2D eigenvalue weighted by Gasteiger charge is 2.02. The van der Waals surface area contributed by atoms with Crippen molar-refractivity contribution < 1.29 is 5.11 Å². The number of aromatic amines is 1. The number of phenolic OH excluding ortho intramolecular Hbond substituents is 1. The minimum absolute atomic E-state index is 0.269. The van der Waals surface area contributed by atoms with Gasteiger partial charge in [0.25, 0.3) is 0 Å². The van der Waals surface area contributed by atoms with E-state index in [9.17, 15) is 5.11 Å². The van der Waals surface area contributed by atoms with Crippen molar-refractivity contribution in [1.82, 2.24) is 9.97 Å². The Morgan fingerprint density at radius 2 is 1.77 bits per heavy atom. The highest BCUT2D eigenvalue weighted by atomic mass is 16.3. The Bertz CT molecular complexity index is 993. The van der Waals surface area contributed by atoms with Crippen LogP contribution >= 0.6 is 0 Å². The molecular formula is C19H14N2O. The lowest BCUT2D eigenvalue weighted by atomic mass is 10.1. The van der Waals surface area contributed by atoms with Gasteiger partial charge in [-0.3, -0.25) is 4.98 Å². The lowest BCUT2D eigenvalue weighted by molar-refractivity contribution is 0.476. The van der Waals surface area contributed by atoms with Crippen LogP contribution in [-0.2, 0) is 0 Å². The van der Waals surface area contributed by atoms with Gasteiger partial charge in [0.15, 0.2) is 0 Å². The van der Waals surface area contributed by atoms with E-state index >= 15 is 0 Å². The maximum atomic E-state index is 9.52. The first-order valence-corrected chi connectivity index (χ1v) is 7.13. The third kappa shape index (κ3) is 2.13. The first kappa shape index (κ1) is 12.7. The molecular weight excluding hydrogens is 272 g/mol. The predicted molar refractivity (Wildman–Crippen MR) is 90.6 cm³/mol. The Balaban J connectivity index is 1.79. The van der Waals surface area contributed by atoms with Gasteiger partial charge in [-0.25, -0.2) is 0 Å².